The summed E-state index contributed by atoms with van der Waals surface area (Å²) in [4.78, 5) is 21.1. The minimum atomic E-state index is -1.84. The largest absolute Gasteiger partial charge is 0.483 e. The van der Waals surface area contributed by atoms with Crippen LogP contribution in [-0.2, 0) is 33.2 Å². The number of carbonyl (C=O) groups is 1. The van der Waals surface area contributed by atoms with Crippen LogP contribution in [0.2, 0.25) is 0 Å². The molecule has 4 heterocycles. The van der Waals surface area contributed by atoms with E-state index in [9.17, 15) is 29.6 Å². The number of aliphatic hydroxyl groups is 4. The maximum atomic E-state index is 14.6. The third kappa shape index (κ3) is 12.4. The molecule has 0 aromatic heterocycles. The van der Waals surface area contributed by atoms with E-state index < -0.39 is 101 Å². The number of methoxy groups -OCH3 is 1. The quantitative estimate of drug-likeness (QED) is 0.203. The summed E-state index contributed by atoms with van der Waals surface area (Å²) < 4.78 is 60.4. The maximum absolute atomic E-state index is 14.6. The molecule has 17 heteroatoms. The fourth-order valence-electron chi connectivity index (χ4n) is 10.8. The van der Waals surface area contributed by atoms with Crippen LogP contribution in [0.1, 0.15) is 94.9 Å². The average Bonchev–Trinajstić information content (AvgIpc) is 3.25. The lowest BCUT2D eigenvalue weighted by Gasteiger charge is -2.55. The van der Waals surface area contributed by atoms with Gasteiger partial charge in [0, 0.05) is 58.2 Å². The van der Waals surface area contributed by atoms with Gasteiger partial charge in [-0.05, 0) is 126 Å². The van der Waals surface area contributed by atoms with Crippen LogP contribution in [0, 0.1) is 23.6 Å². The number of cyclic esters (lactones) is 1. The molecule has 4 saturated heterocycles. The molecule has 0 amide bonds. The molecule has 0 aliphatic carbocycles. The van der Waals surface area contributed by atoms with Gasteiger partial charge >= 0.3 is 5.97 Å². The van der Waals surface area contributed by atoms with Gasteiger partial charge in [0.2, 0.25) is 0 Å². The van der Waals surface area contributed by atoms with Crippen molar-refractivity contribution in [2.75, 3.05) is 67.5 Å². The maximum Gasteiger partial charge on any atom is 0.311 e. The van der Waals surface area contributed by atoms with E-state index in [1.165, 1.54) is 19.1 Å². The van der Waals surface area contributed by atoms with Gasteiger partial charge in [-0.1, -0.05) is 20.8 Å². The van der Waals surface area contributed by atoms with Crippen LogP contribution in [0.5, 0.6) is 5.75 Å². The molecule has 4 fully saturated rings. The van der Waals surface area contributed by atoms with Gasteiger partial charge in [-0.15, -0.1) is 0 Å². The Hall–Kier alpha value is -2.10. The molecule has 1 aromatic rings. The highest BCUT2D eigenvalue weighted by atomic mass is 19.1. The number of esters is 1. The topological polar surface area (TPSA) is 184 Å². The molecule has 0 radical (unpaired) electrons. The van der Waals surface area contributed by atoms with Crippen LogP contribution in [0.25, 0.3) is 0 Å². The summed E-state index contributed by atoms with van der Waals surface area (Å²) in [6.07, 6.45) is -7.42. The monoisotopic (exact) mass is 941 g/mol. The van der Waals surface area contributed by atoms with Crippen molar-refractivity contribution < 1.29 is 62.8 Å². The first-order valence-electron chi connectivity index (χ1n) is 24.2. The molecule has 5 N–H and O–H groups in total. The van der Waals surface area contributed by atoms with E-state index in [0.717, 1.165) is 26.2 Å². The van der Waals surface area contributed by atoms with Crippen molar-refractivity contribution in [3.63, 3.8) is 0 Å². The van der Waals surface area contributed by atoms with Crippen molar-refractivity contribution in [1.82, 2.24) is 20.0 Å². The Bertz CT molecular complexity index is 1690. The summed E-state index contributed by atoms with van der Waals surface area (Å²) in [6.45, 7) is 21.7. The van der Waals surface area contributed by atoms with Crippen LogP contribution in [0.15, 0.2) is 24.3 Å². The number of ether oxygens (including phenoxy) is 7. The molecular formula is C49H85FN4O12. The van der Waals surface area contributed by atoms with Gasteiger partial charge in [-0.2, -0.15) is 0 Å². The second kappa shape index (κ2) is 22.3. The highest BCUT2D eigenvalue weighted by Gasteiger charge is 2.59. The Morgan fingerprint density at radius 3 is 2.15 bits per heavy atom. The molecular weight excluding hydrogens is 856 g/mol. The number of benzene rings is 1. The zero-order valence-corrected chi connectivity index (χ0v) is 42.2. The number of hydrogen-bond donors (Lipinski definition) is 5. The van der Waals surface area contributed by atoms with E-state index >= 15 is 0 Å². The smallest absolute Gasteiger partial charge is 0.311 e. The molecule has 0 unspecified atom stereocenters. The number of piperazine rings is 1. The Kier molecular flexibility index (Phi) is 18.5. The lowest BCUT2D eigenvalue weighted by atomic mass is 9.74. The number of carbonyl (C=O) groups excluding carboxylic acids is 1. The van der Waals surface area contributed by atoms with Crippen LogP contribution in [0.4, 0.5) is 4.39 Å². The van der Waals surface area contributed by atoms with Crippen LogP contribution >= 0.6 is 0 Å². The second-order valence-corrected chi connectivity index (χ2v) is 21.1. The van der Waals surface area contributed by atoms with Crippen molar-refractivity contribution in [3.8, 4) is 5.75 Å². The summed E-state index contributed by atoms with van der Waals surface area (Å²) in [5.41, 5.74) is -6.06. The highest BCUT2D eigenvalue weighted by molar-refractivity contribution is 5.73. The number of β-amino-alcohol motifs (C(OH)–C–C–N with tert-alkyl or cyclic N) is 1. The number of halogens is 1. The number of likely N-dealkylation sites (N-methyl/N-ethyl adjacent to an activating group) is 2. The predicted octanol–water partition coefficient (Wildman–Crippen LogP) is 3.40. The van der Waals surface area contributed by atoms with Crippen molar-refractivity contribution >= 4 is 5.97 Å². The van der Waals surface area contributed by atoms with E-state index in [1.54, 1.807) is 53.9 Å². The third-order valence-electron chi connectivity index (χ3n) is 15.3. The summed E-state index contributed by atoms with van der Waals surface area (Å²) in [6, 6.07) is 4.90. The van der Waals surface area contributed by atoms with Crippen LogP contribution in [0.3, 0.4) is 0 Å². The van der Waals surface area contributed by atoms with Crippen molar-refractivity contribution in [2.24, 2.45) is 17.8 Å². The number of aliphatic hydroxyl groups excluding tert-OH is 1. The summed E-state index contributed by atoms with van der Waals surface area (Å²) >= 11 is 0. The van der Waals surface area contributed by atoms with E-state index in [2.05, 4.69) is 22.2 Å². The first-order valence-corrected chi connectivity index (χ1v) is 24.2. The van der Waals surface area contributed by atoms with E-state index in [1.807, 2.05) is 46.7 Å². The molecule has 4 aliphatic rings. The molecule has 5 rings (SSSR count). The minimum absolute atomic E-state index is 0.0887. The number of rotatable bonds is 11. The lowest BCUT2D eigenvalue weighted by Crippen LogP contribution is -2.71. The van der Waals surface area contributed by atoms with Gasteiger partial charge in [0.25, 0.3) is 0 Å². The molecule has 1 aromatic carbocycles. The lowest BCUT2D eigenvalue weighted by molar-refractivity contribution is -0.339. The molecule has 0 bridgehead atoms. The fourth-order valence-corrected chi connectivity index (χ4v) is 10.8. The zero-order chi connectivity index (χ0) is 49.1. The summed E-state index contributed by atoms with van der Waals surface area (Å²) in [5, 5.41) is 52.2. The van der Waals surface area contributed by atoms with Crippen LogP contribution < -0.4 is 10.1 Å². The predicted molar refractivity (Wildman–Crippen MR) is 247 cm³/mol. The number of hydrogen-bond acceptors (Lipinski definition) is 16. The van der Waals surface area contributed by atoms with E-state index in [0.29, 0.717) is 25.3 Å². The SMILES string of the molecule is CC[C@H]1OC(=O)[C@H](C)[C@@H](O[C@H]2C[C@@](C)(OC)[C@](O)(CN3CCN(C)CC3)[C@H](C)O2)[C@H](C)[C@@H](O[C@@H]2O[C@H](C)C[C@H](N(C)C)[C@H]2Oc2ccc(F)cc2)[C@](C)(O)C[C@@H](C)CN[C@H](C)[C@@H](O)[C@]1(C)O. The normalized spacial score (nSPS) is 44.3. The Morgan fingerprint density at radius 2 is 1.56 bits per heavy atom. The Balaban J connectivity index is 1.59. The molecule has 4 aliphatic heterocycles. The van der Waals surface area contributed by atoms with Crippen molar-refractivity contribution in [2.45, 2.75) is 185 Å². The van der Waals surface area contributed by atoms with E-state index in [4.69, 9.17) is 33.2 Å². The molecule has 18 atom stereocenters. The number of nitrogens with zero attached hydrogens (tertiary/aromatic N) is 3. The Morgan fingerprint density at radius 1 is 0.924 bits per heavy atom. The van der Waals surface area contributed by atoms with Gasteiger partial charge in [-0.25, -0.2) is 4.39 Å². The van der Waals surface area contributed by atoms with Gasteiger partial charge in [-0.3, -0.25) is 9.69 Å². The highest BCUT2D eigenvalue weighted by Crippen LogP contribution is 2.44. The zero-order valence-electron chi connectivity index (χ0n) is 42.2. The van der Waals surface area contributed by atoms with Gasteiger partial charge in [0.15, 0.2) is 18.7 Å². The molecule has 66 heavy (non-hydrogen) atoms. The summed E-state index contributed by atoms with van der Waals surface area (Å²) in [7, 11) is 7.53. The van der Waals surface area contributed by atoms with Gasteiger partial charge < -0.3 is 68.7 Å². The molecule has 0 spiro atoms. The second-order valence-electron chi connectivity index (χ2n) is 21.1. The van der Waals surface area contributed by atoms with Gasteiger partial charge in [0.05, 0.1) is 42.0 Å². The fraction of sp³-hybridized carbons (Fsp3) is 0.857. The summed E-state index contributed by atoms with van der Waals surface area (Å²) in [5.74, 6) is -2.76. The van der Waals surface area contributed by atoms with Crippen molar-refractivity contribution in [3.05, 3.63) is 30.1 Å². The average molecular weight is 941 g/mol. The third-order valence-corrected chi connectivity index (χ3v) is 15.3. The Labute approximate surface area is 393 Å². The van der Waals surface area contributed by atoms with Crippen molar-refractivity contribution in [1.29, 1.82) is 0 Å². The first kappa shape index (κ1) is 54.8. The van der Waals surface area contributed by atoms with Crippen LogP contribution in [-0.4, -0.2) is 198 Å². The number of nitrogens with one attached hydrogen (secondary N) is 1. The van der Waals surface area contributed by atoms with E-state index in [-0.39, 0.29) is 37.3 Å². The van der Waals surface area contributed by atoms with Gasteiger partial charge in [0.1, 0.15) is 40.6 Å². The molecule has 0 saturated carbocycles. The molecule has 380 valence electrons. The first-order chi connectivity index (χ1) is 30.8. The molecule has 16 nitrogen and oxygen atoms in total. The minimum Gasteiger partial charge on any atom is -0.483 e. The standard InChI is InChI=1S/C49H85FN4O12/c1-15-38-48(10,58)42(55)33(6)51-27-29(2)25-46(8,57)43(66-45-41(37(52(11)12)24-30(3)61-45)63-36-18-16-35(50)17-19-36)31(4)40(32(5)44(56)64-38)65-39-26-47(9,60-14)49(59,34(7)62-39)28-54-22-20-53(13)21-23-54/h16-19,29-34,37-43,45,51,55,57-59H,15,20-28H2,1-14H3/t29-,30-,31+,32-,33-,34+,37+,38-,39+,40+,41-,42-,43-,45+,46-,47-,48-,49+/m1/s1.